The molecule has 0 heterocycles. The van der Waals surface area contributed by atoms with E-state index in [0.29, 0.717) is 17.6 Å². The van der Waals surface area contributed by atoms with Crippen molar-refractivity contribution in [3.8, 4) is 0 Å². The quantitative estimate of drug-likeness (QED) is 0.874. The summed E-state index contributed by atoms with van der Waals surface area (Å²) in [4.78, 5) is 11.6. The van der Waals surface area contributed by atoms with Crippen LogP contribution in [0.1, 0.15) is 12.5 Å². The van der Waals surface area contributed by atoms with Crippen molar-refractivity contribution in [3.05, 3.63) is 34.1 Å². The number of nitrogens with one attached hydrogen (secondary N) is 2. The number of rotatable bonds is 5. The number of benzene rings is 1. The average Bonchev–Trinajstić information content (AvgIpc) is 2.30. The highest BCUT2D eigenvalue weighted by Crippen LogP contribution is 2.16. The zero-order chi connectivity index (χ0) is 12.8. The predicted molar refractivity (Wildman–Crippen MR) is 69.0 cm³/mol. The van der Waals surface area contributed by atoms with Crippen molar-refractivity contribution in [1.29, 1.82) is 0 Å². The summed E-state index contributed by atoms with van der Waals surface area (Å²) < 4.78 is 13.6. The van der Waals surface area contributed by atoms with E-state index >= 15 is 0 Å². The lowest BCUT2D eigenvalue weighted by atomic mass is 10.1. The van der Waals surface area contributed by atoms with Gasteiger partial charge in [-0.1, -0.05) is 13.0 Å². The maximum atomic E-state index is 13.2. The molecule has 1 amide bonds. The fourth-order valence-corrected chi connectivity index (χ4v) is 1.66. The summed E-state index contributed by atoms with van der Waals surface area (Å²) in [6.45, 7) is 2.81. The molecule has 1 aromatic carbocycles. The predicted octanol–water partition coefficient (Wildman–Crippen LogP) is 2.06. The number of amides is 1. The maximum absolute atomic E-state index is 13.2. The van der Waals surface area contributed by atoms with Gasteiger partial charge in [-0.2, -0.15) is 0 Å². The Balaban J connectivity index is 2.50. The second-order valence-corrected chi connectivity index (χ2v) is 4.78. The van der Waals surface area contributed by atoms with Crippen molar-refractivity contribution in [2.24, 2.45) is 5.92 Å². The van der Waals surface area contributed by atoms with E-state index in [1.54, 1.807) is 19.2 Å². The van der Waals surface area contributed by atoms with E-state index in [1.807, 2.05) is 6.92 Å². The van der Waals surface area contributed by atoms with Gasteiger partial charge in [-0.25, -0.2) is 4.39 Å². The van der Waals surface area contributed by atoms with E-state index in [9.17, 15) is 9.18 Å². The second kappa shape index (κ2) is 6.71. The number of hydrogen-bond donors (Lipinski definition) is 2. The lowest BCUT2D eigenvalue weighted by molar-refractivity contribution is -0.124. The topological polar surface area (TPSA) is 41.1 Å². The van der Waals surface area contributed by atoms with Gasteiger partial charge in [0.15, 0.2) is 0 Å². The third kappa shape index (κ3) is 4.44. The molecule has 2 N–H and O–H groups in total. The third-order valence-electron chi connectivity index (χ3n) is 2.41. The first-order valence-corrected chi connectivity index (χ1v) is 6.20. The van der Waals surface area contributed by atoms with Gasteiger partial charge in [0.2, 0.25) is 5.91 Å². The molecule has 5 heteroatoms. The van der Waals surface area contributed by atoms with E-state index in [0.717, 1.165) is 5.56 Å². The van der Waals surface area contributed by atoms with Crippen molar-refractivity contribution in [2.45, 2.75) is 13.5 Å². The van der Waals surface area contributed by atoms with Gasteiger partial charge in [0.1, 0.15) is 5.82 Å². The number of carbonyl (C=O) groups is 1. The number of carbonyl (C=O) groups excluding carboxylic acids is 1. The lowest BCUT2D eigenvalue weighted by Gasteiger charge is -2.11. The highest BCUT2D eigenvalue weighted by molar-refractivity contribution is 9.10. The van der Waals surface area contributed by atoms with E-state index in [4.69, 9.17) is 0 Å². The Hall–Kier alpha value is -0.940. The Morgan fingerprint density at radius 1 is 1.53 bits per heavy atom. The lowest BCUT2D eigenvalue weighted by Crippen LogP contribution is -2.33. The molecule has 17 heavy (non-hydrogen) atoms. The van der Waals surface area contributed by atoms with Crippen LogP contribution < -0.4 is 10.6 Å². The largest absolute Gasteiger partial charge is 0.352 e. The highest BCUT2D eigenvalue weighted by Gasteiger charge is 2.11. The fraction of sp³-hybridized carbons (Fsp3) is 0.417. The molecule has 1 aromatic rings. The molecular weight excluding hydrogens is 287 g/mol. The van der Waals surface area contributed by atoms with Gasteiger partial charge < -0.3 is 10.6 Å². The molecule has 0 radical (unpaired) electrons. The van der Waals surface area contributed by atoms with Crippen LogP contribution in [0.3, 0.4) is 0 Å². The monoisotopic (exact) mass is 302 g/mol. The van der Waals surface area contributed by atoms with Gasteiger partial charge in [-0.05, 0) is 40.7 Å². The molecule has 94 valence electrons. The summed E-state index contributed by atoms with van der Waals surface area (Å²) in [5.74, 6) is -0.456. The molecule has 0 bridgehead atoms. The zero-order valence-electron chi connectivity index (χ0n) is 9.89. The SMILES string of the molecule is CNCC(C)C(=O)NCc1ccc(Br)c(F)c1. The van der Waals surface area contributed by atoms with Crippen molar-refractivity contribution >= 4 is 21.8 Å². The Bertz CT molecular complexity index is 398. The van der Waals surface area contributed by atoms with Crippen LogP contribution in [0.2, 0.25) is 0 Å². The molecular formula is C12H16BrFN2O. The minimum atomic E-state index is -0.319. The summed E-state index contributed by atoms with van der Waals surface area (Å²) in [5.41, 5.74) is 0.746. The van der Waals surface area contributed by atoms with Gasteiger partial charge >= 0.3 is 0 Å². The molecule has 0 aliphatic rings. The van der Waals surface area contributed by atoms with Crippen LogP contribution in [-0.4, -0.2) is 19.5 Å². The first-order valence-electron chi connectivity index (χ1n) is 5.41. The Morgan fingerprint density at radius 2 is 2.24 bits per heavy atom. The molecule has 3 nitrogen and oxygen atoms in total. The molecule has 1 rings (SSSR count). The van der Waals surface area contributed by atoms with Gasteiger partial charge in [0.25, 0.3) is 0 Å². The summed E-state index contributed by atoms with van der Waals surface area (Å²) in [5, 5.41) is 5.71. The summed E-state index contributed by atoms with van der Waals surface area (Å²) in [6.07, 6.45) is 0. The minimum absolute atomic E-state index is 0.0392. The zero-order valence-corrected chi connectivity index (χ0v) is 11.5. The van der Waals surface area contributed by atoms with Crippen LogP contribution in [0, 0.1) is 11.7 Å². The van der Waals surface area contributed by atoms with Gasteiger partial charge in [0, 0.05) is 19.0 Å². The molecule has 0 saturated carbocycles. The van der Waals surface area contributed by atoms with Gasteiger partial charge in [-0.3, -0.25) is 4.79 Å². The van der Waals surface area contributed by atoms with Crippen LogP contribution in [0.4, 0.5) is 4.39 Å². The maximum Gasteiger partial charge on any atom is 0.224 e. The van der Waals surface area contributed by atoms with Crippen LogP contribution in [-0.2, 0) is 11.3 Å². The molecule has 0 aliphatic heterocycles. The molecule has 0 spiro atoms. The van der Waals surface area contributed by atoms with Crippen molar-refractivity contribution < 1.29 is 9.18 Å². The highest BCUT2D eigenvalue weighted by atomic mass is 79.9. The normalized spacial score (nSPS) is 12.2. The second-order valence-electron chi connectivity index (χ2n) is 3.92. The molecule has 1 unspecified atom stereocenters. The van der Waals surface area contributed by atoms with Crippen LogP contribution in [0.15, 0.2) is 22.7 Å². The first kappa shape index (κ1) is 14.1. The molecule has 0 aromatic heterocycles. The smallest absolute Gasteiger partial charge is 0.224 e. The number of hydrogen-bond acceptors (Lipinski definition) is 2. The Labute approximate surface area is 109 Å². The van der Waals surface area contributed by atoms with Gasteiger partial charge in [-0.15, -0.1) is 0 Å². The van der Waals surface area contributed by atoms with Crippen molar-refractivity contribution in [2.75, 3.05) is 13.6 Å². The molecule has 1 atom stereocenters. The van der Waals surface area contributed by atoms with Crippen molar-refractivity contribution in [1.82, 2.24) is 10.6 Å². The average molecular weight is 303 g/mol. The summed E-state index contributed by atoms with van der Waals surface area (Å²) in [6, 6.07) is 4.82. The fourth-order valence-electron chi connectivity index (χ4n) is 1.41. The standard InChI is InChI=1S/C12H16BrFN2O/c1-8(6-15-2)12(17)16-7-9-3-4-10(13)11(14)5-9/h3-5,8,15H,6-7H2,1-2H3,(H,16,17). The van der Waals surface area contributed by atoms with E-state index in [1.165, 1.54) is 6.07 Å². The van der Waals surface area contributed by atoms with Crippen LogP contribution in [0.25, 0.3) is 0 Å². The minimum Gasteiger partial charge on any atom is -0.352 e. The molecule has 0 saturated heterocycles. The Kier molecular flexibility index (Phi) is 5.58. The van der Waals surface area contributed by atoms with E-state index in [2.05, 4.69) is 26.6 Å². The van der Waals surface area contributed by atoms with Crippen LogP contribution in [0.5, 0.6) is 0 Å². The van der Waals surface area contributed by atoms with Gasteiger partial charge in [0.05, 0.1) is 4.47 Å². The van der Waals surface area contributed by atoms with Crippen LogP contribution >= 0.6 is 15.9 Å². The summed E-state index contributed by atoms with van der Waals surface area (Å²) >= 11 is 3.08. The Morgan fingerprint density at radius 3 is 2.82 bits per heavy atom. The van der Waals surface area contributed by atoms with E-state index in [-0.39, 0.29) is 17.6 Å². The molecule has 0 aliphatic carbocycles. The van der Waals surface area contributed by atoms with E-state index < -0.39 is 0 Å². The number of halogens is 2. The van der Waals surface area contributed by atoms with Crippen molar-refractivity contribution in [3.63, 3.8) is 0 Å². The summed E-state index contributed by atoms with van der Waals surface area (Å²) in [7, 11) is 1.80. The third-order valence-corrected chi connectivity index (χ3v) is 3.05. The molecule has 0 fully saturated rings. The first-order chi connectivity index (χ1) is 8.04.